The van der Waals surface area contributed by atoms with Crippen LogP contribution >= 0.6 is 15.9 Å². The minimum Gasteiger partial charge on any atom is -0.493 e. The molecule has 0 unspecified atom stereocenters. The fraction of sp³-hybridized carbons (Fsp3) is 0.500. The van der Waals surface area contributed by atoms with E-state index >= 15 is 0 Å². The van der Waals surface area contributed by atoms with Crippen molar-refractivity contribution in [2.45, 2.75) is 26.7 Å². The largest absolute Gasteiger partial charge is 0.493 e. The van der Waals surface area contributed by atoms with Gasteiger partial charge in [0.1, 0.15) is 6.29 Å². The first kappa shape index (κ1) is 15.0. The Labute approximate surface area is 117 Å². The van der Waals surface area contributed by atoms with Crippen molar-refractivity contribution in [3.8, 4) is 11.5 Å². The highest BCUT2D eigenvalue weighted by Crippen LogP contribution is 2.36. The second kappa shape index (κ2) is 7.41. The molecule has 0 spiro atoms. The van der Waals surface area contributed by atoms with E-state index in [-0.39, 0.29) is 0 Å². The molecule has 100 valence electrons. The predicted molar refractivity (Wildman–Crippen MR) is 75.6 cm³/mol. The van der Waals surface area contributed by atoms with Crippen molar-refractivity contribution in [1.29, 1.82) is 0 Å². The molecule has 0 amide bonds. The summed E-state index contributed by atoms with van der Waals surface area (Å²) >= 11 is 3.40. The Morgan fingerprint density at radius 3 is 2.67 bits per heavy atom. The van der Waals surface area contributed by atoms with Crippen LogP contribution in [-0.2, 0) is 0 Å². The predicted octanol–water partition coefficient (Wildman–Crippen LogP) is 4.09. The Hall–Kier alpha value is -1.03. The van der Waals surface area contributed by atoms with E-state index in [9.17, 15) is 4.79 Å². The van der Waals surface area contributed by atoms with Crippen LogP contribution in [0.3, 0.4) is 0 Å². The smallest absolute Gasteiger partial charge is 0.175 e. The minimum absolute atomic E-state index is 0.563. The van der Waals surface area contributed by atoms with Gasteiger partial charge in [-0.25, -0.2) is 0 Å². The van der Waals surface area contributed by atoms with E-state index in [0.717, 1.165) is 23.6 Å². The molecule has 0 aliphatic heterocycles. The highest BCUT2D eigenvalue weighted by molar-refractivity contribution is 9.10. The molecule has 0 aromatic heterocycles. The number of hydrogen-bond acceptors (Lipinski definition) is 3. The number of halogens is 1. The standard InChI is InChI=1S/C14H19BrO3/c1-10(2)5-4-6-18-14-12(15)7-11(9-16)8-13(14)17-3/h7-10H,4-6H2,1-3H3. The van der Waals surface area contributed by atoms with Crippen LogP contribution in [0.25, 0.3) is 0 Å². The van der Waals surface area contributed by atoms with Gasteiger partial charge in [-0.1, -0.05) is 13.8 Å². The zero-order valence-corrected chi connectivity index (χ0v) is 12.6. The molecule has 0 atom stereocenters. The Balaban J connectivity index is 2.72. The van der Waals surface area contributed by atoms with Crippen molar-refractivity contribution in [1.82, 2.24) is 0 Å². The third-order valence-corrected chi connectivity index (χ3v) is 3.15. The summed E-state index contributed by atoms with van der Waals surface area (Å²) in [6, 6.07) is 3.41. The van der Waals surface area contributed by atoms with E-state index in [1.54, 1.807) is 19.2 Å². The van der Waals surface area contributed by atoms with Crippen molar-refractivity contribution in [2.75, 3.05) is 13.7 Å². The first-order chi connectivity index (χ1) is 8.58. The molecule has 0 bridgehead atoms. The number of rotatable bonds is 7. The fourth-order valence-electron chi connectivity index (χ4n) is 1.61. The summed E-state index contributed by atoms with van der Waals surface area (Å²) in [5.41, 5.74) is 0.563. The van der Waals surface area contributed by atoms with Gasteiger partial charge in [-0.3, -0.25) is 4.79 Å². The van der Waals surface area contributed by atoms with Crippen molar-refractivity contribution >= 4 is 22.2 Å². The molecule has 0 heterocycles. The monoisotopic (exact) mass is 314 g/mol. The number of benzene rings is 1. The molecule has 0 aliphatic rings. The van der Waals surface area contributed by atoms with Gasteiger partial charge in [0.25, 0.3) is 0 Å². The number of ether oxygens (including phenoxy) is 2. The van der Waals surface area contributed by atoms with Crippen LogP contribution in [0.15, 0.2) is 16.6 Å². The van der Waals surface area contributed by atoms with Crippen molar-refractivity contribution < 1.29 is 14.3 Å². The highest BCUT2D eigenvalue weighted by Gasteiger charge is 2.11. The summed E-state index contributed by atoms with van der Waals surface area (Å²) in [6.07, 6.45) is 2.92. The van der Waals surface area contributed by atoms with Crippen LogP contribution in [0, 0.1) is 5.92 Å². The van der Waals surface area contributed by atoms with Gasteiger partial charge < -0.3 is 9.47 Å². The van der Waals surface area contributed by atoms with Gasteiger partial charge in [0, 0.05) is 5.56 Å². The quantitative estimate of drug-likeness (QED) is 0.562. The molecule has 0 aliphatic carbocycles. The fourth-order valence-corrected chi connectivity index (χ4v) is 2.19. The number of aldehydes is 1. The molecule has 0 radical (unpaired) electrons. The van der Waals surface area contributed by atoms with E-state index < -0.39 is 0 Å². The van der Waals surface area contributed by atoms with Gasteiger partial charge in [-0.15, -0.1) is 0 Å². The van der Waals surface area contributed by atoms with Gasteiger partial charge in [0.2, 0.25) is 0 Å². The van der Waals surface area contributed by atoms with Gasteiger partial charge in [0.15, 0.2) is 11.5 Å². The average molecular weight is 315 g/mol. The molecule has 0 fully saturated rings. The topological polar surface area (TPSA) is 35.5 Å². The lowest BCUT2D eigenvalue weighted by Gasteiger charge is -2.13. The molecule has 4 heteroatoms. The van der Waals surface area contributed by atoms with Crippen LogP contribution in [0.2, 0.25) is 0 Å². The molecule has 0 saturated heterocycles. The zero-order chi connectivity index (χ0) is 13.5. The number of carbonyl (C=O) groups is 1. The second-order valence-corrected chi connectivity index (χ2v) is 5.39. The Morgan fingerprint density at radius 1 is 1.39 bits per heavy atom. The first-order valence-electron chi connectivity index (χ1n) is 6.04. The third-order valence-electron chi connectivity index (χ3n) is 2.56. The first-order valence-corrected chi connectivity index (χ1v) is 6.83. The van der Waals surface area contributed by atoms with Gasteiger partial charge >= 0.3 is 0 Å². The lowest BCUT2D eigenvalue weighted by Crippen LogP contribution is -2.02. The molecular weight excluding hydrogens is 296 g/mol. The maximum atomic E-state index is 10.8. The maximum absolute atomic E-state index is 10.8. The van der Waals surface area contributed by atoms with Crippen molar-refractivity contribution in [3.05, 3.63) is 22.2 Å². The molecule has 0 N–H and O–H groups in total. The molecule has 1 aromatic carbocycles. The minimum atomic E-state index is 0.563. The Kier molecular flexibility index (Phi) is 6.19. The lowest BCUT2D eigenvalue weighted by atomic mass is 10.1. The normalized spacial score (nSPS) is 10.5. The van der Waals surface area contributed by atoms with Gasteiger partial charge in [-0.2, -0.15) is 0 Å². The lowest BCUT2D eigenvalue weighted by molar-refractivity contribution is 0.112. The third kappa shape index (κ3) is 4.33. The van der Waals surface area contributed by atoms with Crippen LogP contribution in [0.5, 0.6) is 11.5 Å². The second-order valence-electron chi connectivity index (χ2n) is 4.54. The van der Waals surface area contributed by atoms with E-state index in [4.69, 9.17) is 9.47 Å². The summed E-state index contributed by atoms with van der Waals surface area (Å²) in [4.78, 5) is 10.8. The van der Waals surface area contributed by atoms with Crippen LogP contribution in [0.1, 0.15) is 37.0 Å². The van der Waals surface area contributed by atoms with E-state index in [2.05, 4.69) is 29.8 Å². The number of carbonyl (C=O) groups excluding carboxylic acids is 1. The van der Waals surface area contributed by atoms with Crippen LogP contribution < -0.4 is 9.47 Å². The summed E-state index contributed by atoms with van der Waals surface area (Å²) in [6.45, 7) is 5.03. The van der Waals surface area contributed by atoms with Crippen LogP contribution in [-0.4, -0.2) is 20.0 Å². The number of methoxy groups -OCH3 is 1. The summed E-state index contributed by atoms with van der Waals surface area (Å²) < 4.78 is 11.7. The molecule has 18 heavy (non-hydrogen) atoms. The molecule has 3 nitrogen and oxygen atoms in total. The van der Waals surface area contributed by atoms with Crippen molar-refractivity contribution in [3.63, 3.8) is 0 Å². The van der Waals surface area contributed by atoms with E-state index in [1.807, 2.05) is 0 Å². The van der Waals surface area contributed by atoms with Gasteiger partial charge in [0.05, 0.1) is 18.2 Å². The Morgan fingerprint density at radius 2 is 2.11 bits per heavy atom. The number of hydrogen-bond donors (Lipinski definition) is 0. The molecule has 1 rings (SSSR count). The SMILES string of the molecule is COc1cc(C=O)cc(Br)c1OCCCC(C)C. The van der Waals surface area contributed by atoms with Crippen LogP contribution in [0.4, 0.5) is 0 Å². The summed E-state index contributed by atoms with van der Waals surface area (Å²) in [5.74, 6) is 1.92. The summed E-state index contributed by atoms with van der Waals surface area (Å²) in [7, 11) is 1.57. The Bertz CT molecular complexity index is 402. The van der Waals surface area contributed by atoms with E-state index in [1.165, 1.54) is 0 Å². The maximum Gasteiger partial charge on any atom is 0.175 e. The molecular formula is C14H19BrO3. The zero-order valence-electron chi connectivity index (χ0n) is 11.0. The molecule has 0 saturated carbocycles. The van der Waals surface area contributed by atoms with E-state index in [0.29, 0.717) is 29.6 Å². The van der Waals surface area contributed by atoms with Gasteiger partial charge in [-0.05, 0) is 46.8 Å². The average Bonchev–Trinajstić information content (AvgIpc) is 2.34. The molecule has 1 aromatic rings. The van der Waals surface area contributed by atoms with Crippen molar-refractivity contribution in [2.24, 2.45) is 5.92 Å². The summed E-state index contributed by atoms with van der Waals surface area (Å²) in [5, 5.41) is 0. The highest BCUT2D eigenvalue weighted by atomic mass is 79.9.